The summed E-state index contributed by atoms with van der Waals surface area (Å²) in [5, 5.41) is 3.11. The van der Waals surface area contributed by atoms with Crippen LogP contribution >= 0.6 is 0 Å². The Balaban J connectivity index is 0.000000594. The van der Waals surface area contributed by atoms with Gasteiger partial charge in [-0.15, -0.1) is 0 Å². The van der Waals surface area contributed by atoms with Gasteiger partial charge in [-0.05, 0) is 51.9 Å². The number of ketones is 1. The van der Waals surface area contributed by atoms with Crippen LogP contribution < -0.4 is 5.32 Å². The Kier molecular flexibility index (Phi) is 11.5. The van der Waals surface area contributed by atoms with Gasteiger partial charge in [0.2, 0.25) is 0 Å². The van der Waals surface area contributed by atoms with E-state index in [4.69, 9.17) is 4.74 Å². The second-order valence-electron chi connectivity index (χ2n) is 5.83. The van der Waals surface area contributed by atoms with E-state index in [2.05, 4.69) is 24.1 Å². The second kappa shape index (κ2) is 12.2. The number of Topliss-reactive ketones (excluding diaryl/α,β-unsaturated/α-hetero) is 1. The smallest absolute Gasteiger partial charge is 0.184 e. The SMILES string of the molecule is CC.CC1(C)CC(C(=O)c2ccccn2)CCO1.CCNCC. The highest BCUT2D eigenvalue weighted by molar-refractivity contribution is 5.96. The Morgan fingerprint density at radius 2 is 1.96 bits per heavy atom. The van der Waals surface area contributed by atoms with Crippen molar-refractivity contribution in [2.24, 2.45) is 5.92 Å². The van der Waals surface area contributed by atoms with Gasteiger partial charge in [0.15, 0.2) is 5.78 Å². The predicted molar refractivity (Wildman–Crippen MR) is 96.9 cm³/mol. The fourth-order valence-corrected chi connectivity index (χ4v) is 2.42. The minimum Gasteiger partial charge on any atom is -0.376 e. The van der Waals surface area contributed by atoms with Crippen molar-refractivity contribution < 1.29 is 9.53 Å². The first-order valence-electron chi connectivity index (χ1n) is 8.80. The molecule has 0 aliphatic carbocycles. The van der Waals surface area contributed by atoms with Gasteiger partial charge in [0.05, 0.1) is 5.60 Å². The number of hydrogen-bond donors (Lipinski definition) is 1. The van der Waals surface area contributed by atoms with Crippen LogP contribution in [0.3, 0.4) is 0 Å². The molecule has 1 aliphatic rings. The maximum atomic E-state index is 12.2. The van der Waals surface area contributed by atoms with Gasteiger partial charge in [-0.25, -0.2) is 0 Å². The van der Waals surface area contributed by atoms with Gasteiger partial charge in [0.1, 0.15) is 5.69 Å². The zero-order valence-electron chi connectivity index (χ0n) is 15.7. The number of carbonyl (C=O) groups is 1. The summed E-state index contributed by atoms with van der Waals surface area (Å²) in [6.07, 6.45) is 3.25. The van der Waals surface area contributed by atoms with Crippen LogP contribution in [0.5, 0.6) is 0 Å². The van der Waals surface area contributed by atoms with Gasteiger partial charge in [-0.1, -0.05) is 33.8 Å². The molecule has 23 heavy (non-hydrogen) atoms. The number of pyridine rings is 1. The van der Waals surface area contributed by atoms with Crippen molar-refractivity contribution in [2.45, 2.75) is 60.0 Å². The zero-order chi connectivity index (χ0) is 17.7. The lowest BCUT2D eigenvalue weighted by atomic mass is 9.84. The molecule has 0 aromatic carbocycles. The maximum Gasteiger partial charge on any atom is 0.184 e. The minimum atomic E-state index is -0.187. The molecule has 0 saturated carbocycles. The molecule has 1 aromatic rings. The summed E-state index contributed by atoms with van der Waals surface area (Å²) < 4.78 is 5.61. The monoisotopic (exact) mass is 322 g/mol. The van der Waals surface area contributed by atoms with E-state index < -0.39 is 0 Å². The largest absolute Gasteiger partial charge is 0.376 e. The van der Waals surface area contributed by atoms with E-state index in [9.17, 15) is 4.79 Å². The summed E-state index contributed by atoms with van der Waals surface area (Å²) in [5.41, 5.74) is 0.387. The molecule has 2 rings (SSSR count). The normalized spacial score (nSPS) is 18.8. The number of carbonyl (C=O) groups excluding carboxylic acids is 1. The van der Waals surface area contributed by atoms with Gasteiger partial charge in [-0.3, -0.25) is 9.78 Å². The molecule has 0 spiro atoms. The highest BCUT2D eigenvalue weighted by Crippen LogP contribution is 2.30. The van der Waals surface area contributed by atoms with Crippen LogP contribution in [-0.4, -0.2) is 36.1 Å². The molecule has 1 aromatic heterocycles. The number of aromatic nitrogens is 1. The minimum absolute atomic E-state index is 0.0543. The first-order valence-corrected chi connectivity index (χ1v) is 8.80. The van der Waals surface area contributed by atoms with Gasteiger partial charge in [-0.2, -0.15) is 0 Å². The molecule has 1 fully saturated rings. The third-order valence-electron chi connectivity index (χ3n) is 3.49. The number of ether oxygens (including phenoxy) is 1. The predicted octanol–water partition coefficient (Wildman–Crippen LogP) is 4.11. The fourth-order valence-electron chi connectivity index (χ4n) is 2.42. The van der Waals surface area contributed by atoms with Gasteiger partial charge >= 0.3 is 0 Å². The highest BCUT2D eigenvalue weighted by atomic mass is 16.5. The third kappa shape index (κ3) is 8.82. The van der Waals surface area contributed by atoms with E-state index in [1.165, 1.54) is 0 Å². The van der Waals surface area contributed by atoms with Crippen molar-refractivity contribution in [3.8, 4) is 0 Å². The number of rotatable bonds is 4. The lowest BCUT2D eigenvalue weighted by Gasteiger charge is -2.34. The Morgan fingerprint density at radius 1 is 1.30 bits per heavy atom. The number of nitrogens with zero attached hydrogens (tertiary/aromatic N) is 1. The highest BCUT2D eigenvalue weighted by Gasteiger charge is 2.33. The van der Waals surface area contributed by atoms with Crippen LogP contribution in [0.15, 0.2) is 24.4 Å². The lowest BCUT2D eigenvalue weighted by molar-refractivity contribution is -0.0665. The Bertz CT molecular complexity index is 417. The summed E-state index contributed by atoms with van der Waals surface area (Å²) in [7, 11) is 0. The molecular formula is C19H34N2O2. The lowest BCUT2D eigenvalue weighted by Crippen LogP contribution is -2.37. The van der Waals surface area contributed by atoms with Crippen LogP contribution in [0, 0.1) is 5.92 Å². The Labute approximate surface area is 142 Å². The number of hydrogen-bond acceptors (Lipinski definition) is 4. The van der Waals surface area contributed by atoms with E-state index >= 15 is 0 Å². The van der Waals surface area contributed by atoms with Crippen molar-refractivity contribution in [1.29, 1.82) is 0 Å². The molecule has 1 N–H and O–H groups in total. The fraction of sp³-hybridized carbons (Fsp3) is 0.684. The summed E-state index contributed by atoms with van der Waals surface area (Å²) in [6, 6.07) is 5.46. The topological polar surface area (TPSA) is 51.2 Å². The molecule has 4 nitrogen and oxygen atoms in total. The van der Waals surface area contributed by atoms with Crippen molar-refractivity contribution in [1.82, 2.24) is 10.3 Å². The van der Waals surface area contributed by atoms with Gasteiger partial charge in [0.25, 0.3) is 0 Å². The van der Waals surface area contributed by atoms with E-state index in [1.54, 1.807) is 12.3 Å². The van der Waals surface area contributed by atoms with Crippen molar-refractivity contribution in [3.63, 3.8) is 0 Å². The Morgan fingerprint density at radius 3 is 2.39 bits per heavy atom. The quantitative estimate of drug-likeness (QED) is 0.848. The van der Waals surface area contributed by atoms with Crippen LogP contribution in [0.25, 0.3) is 0 Å². The summed E-state index contributed by atoms with van der Waals surface area (Å²) in [4.78, 5) is 16.3. The number of nitrogens with one attached hydrogen (secondary N) is 1. The van der Waals surface area contributed by atoms with Gasteiger partial charge < -0.3 is 10.1 Å². The summed E-state index contributed by atoms with van der Waals surface area (Å²) >= 11 is 0. The van der Waals surface area contributed by atoms with Crippen LogP contribution in [0.1, 0.15) is 64.9 Å². The van der Waals surface area contributed by atoms with E-state index in [-0.39, 0.29) is 17.3 Å². The molecule has 4 heteroatoms. The van der Waals surface area contributed by atoms with Gasteiger partial charge in [0, 0.05) is 18.7 Å². The summed E-state index contributed by atoms with van der Waals surface area (Å²) in [5.74, 6) is 0.204. The second-order valence-corrected chi connectivity index (χ2v) is 5.83. The third-order valence-corrected chi connectivity index (χ3v) is 3.49. The maximum absolute atomic E-state index is 12.2. The van der Waals surface area contributed by atoms with E-state index in [1.807, 2.05) is 39.8 Å². The first-order chi connectivity index (χ1) is 11.0. The van der Waals surface area contributed by atoms with Crippen molar-refractivity contribution in [3.05, 3.63) is 30.1 Å². The molecule has 1 atom stereocenters. The van der Waals surface area contributed by atoms with Crippen LogP contribution in [-0.2, 0) is 4.74 Å². The van der Waals surface area contributed by atoms with Crippen LogP contribution in [0.4, 0.5) is 0 Å². The zero-order valence-corrected chi connectivity index (χ0v) is 15.7. The van der Waals surface area contributed by atoms with E-state index in [0.717, 1.165) is 25.9 Å². The van der Waals surface area contributed by atoms with Crippen molar-refractivity contribution in [2.75, 3.05) is 19.7 Å². The average Bonchev–Trinajstić information content (AvgIpc) is 2.57. The van der Waals surface area contributed by atoms with Crippen molar-refractivity contribution >= 4 is 5.78 Å². The first kappa shape index (κ1) is 21.7. The molecular weight excluding hydrogens is 288 g/mol. The molecule has 132 valence electrons. The molecule has 1 aliphatic heterocycles. The Hall–Kier alpha value is -1.26. The standard InChI is InChI=1S/C13H17NO2.C4H11N.C2H6/c1-13(2)9-10(6-8-16-13)12(15)11-5-3-4-7-14-11;1-3-5-4-2;1-2/h3-5,7,10H,6,8-9H2,1-2H3;5H,3-4H2,1-2H3;1-2H3. The molecule has 1 saturated heterocycles. The molecule has 0 amide bonds. The molecule has 2 heterocycles. The summed E-state index contributed by atoms with van der Waals surface area (Å²) in [6.45, 7) is 15.1. The molecule has 1 unspecified atom stereocenters. The average molecular weight is 322 g/mol. The molecule has 0 radical (unpaired) electrons. The van der Waals surface area contributed by atoms with E-state index in [0.29, 0.717) is 12.3 Å². The van der Waals surface area contributed by atoms with Crippen LogP contribution in [0.2, 0.25) is 0 Å². The molecule has 0 bridgehead atoms.